The van der Waals surface area contributed by atoms with Crippen LogP contribution in [-0.2, 0) is 30.5 Å². The molecule has 60 heavy (non-hydrogen) atoms. The van der Waals surface area contributed by atoms with Crippen molar-refractivity contribution in [2.45, 2.75) is 71.1 Å². The van der Waals surface area contributed by atoms with E-state index in [1.165, 1.54) is 5.56 Å². The Bertz CT molecular complexity index is 2720. The topological polar surface area (TPSA) is 119 Å². The minimum Gasteiger partial charge on any atom is -0.355 e. The van der Waals surface area contributed by atoms with Crippen LogP contribution in [0.3, 0.4) is 0 Å². The highest BCUT2D eigenvalue weighted by atomic mass is 79.9. The van der Waals surface area contributed by atoms with Crippen molar-refractivity contribution in [3.63, 3.8) is 0 Å². The second-order valence-electron chi connectivity index (χ2n) is 16.7. The van der Waals surface area contributed by atoms with Crippen molar-refractivity contribution in [3.05, 3.63) is 127 Å². The summed E-state index contributed by atoms with van der Waals surface area (Å²) < 4.78 is 35.9. The number of carbonyl (C=O) groups is 2. The van der Waals surface area contributed by atoms with Gasteiger partial charge in [0.2, 0.25) is 18.1 Å². The van der Waals surface area contributed by atoms with Gasteiger partial charge in [0.05, 0.1) is 11.2 Å². The number of benzene rings is 4. The molecule has 0 aromatic heterocycles. The van der Waals surface area contributed by atoms with Crippen LogP contribution in [0.25, 0.3) is 21.5 Å². The van der Waals surface area contributed by atoms with Gasteiger partial charge in [-0.1, -0.05) is 94.6 Å². The summed E-state index contributed by atoms with van der Waals surface area (Å²) >= 11 is 14.5. The molecule has 0 bridgehead atoms. The molecule has 3 N–H and O–H groups in total. The Balaban J connectivity index is 1.26. The fourth-order valence-electron chi connectivity index (χ4n) is 9.02. The minimum atomic E-state index is -4.23. The molecule has 0 fully saturated rings. The predicted octanol–water partition coefficient (Wildman–Crippen LogP) is 10.3. The molecule has 0 radical (unpaired) electrons. The molecule has 0 unspecified atom stereocenters. The zero-order valence-electron chi connectivity index (χ0n) is 34.5. The van der Waals surface area contributed by atoms with Crippen molar-refractivity contribution in [2.24, 2.45) is 0 Å². The van der Waals surface area contributed by atoms with Crippen LogP contribution in [0.15, 0.2) is 116 Å². The molecule has 4 aromatic carbocycles. The van der Waals surface area contributed by atoms with E-state index < -0.39 is 26.7 Å². The predicted molar refractivity (Wildman–Crippen MR) is 251 cm³/mol. The van der Waals surface area contributed by atoms with Crippen molar-refractivity contribution < 1.29 is 27.1 Å². The number of anilines is 1. The second kappa shape index (κ2) is 17.4. The maximum absolute atomic E-state index is 13.3. The molecular formula is C47H50Br2ClN4O5S+. The van der Waals surface area contributed by atoms with Crippen LogP contribution < -0.4 is 15.5 Å². The lowest BCUT2D eigenvalue weighted by Gasteiger charge is -2.27. The van der Waals surface area contributed by atoms with E-state index in [-0.39, 0.29) is 31.4 Å². The summed E-state index contributed by atoms with van der Waals surface area (Å²) in [5, 5.41) is 10.8. The third kappa shape index (κ3) is 8.81. The van der Waals surface area contributed by atoms with Gasteiger partial charge in [0.25, 0.3) is 16.0 Å². The summed E-state index contributed by atoms with van der Waals surface area (Å²) in [4.78, 5) is 28.7. The Morgan fingerprint density at radius 3 is 2.17 bits per heavy atom. The molecule has 2 amide bonds. The molecule has 0 saturated carbocycles. The minimum absolute atomic E-state index is 0.0297. The zero-order valence-corrected chi connectivity index (χ0v) is 39.2. The number of amides is 2. The van der Waals surface area contributed by atoms with Gasteiger partial charge in [-0.3, -0.25) is 14.1 Å². The fraction of sp³-hybridized carbons (Fsp3) is 0.340. The zero-order chi connectivity index (χ0) is 43.1. The molecule has 2 heterocycles. The number of fused-ring (bicyclic) bond motifs is 6. The Kier molecular flexibility index (Phi) is 12.7. The van der Waals surface area contributed by atoms with Crippen molar-refractivity contribution in [1.29, 1.82) is 0 Å². The molecule has 9 nitrogen and oxygen atoms in total. The molecule has 4 aromatic rings. The van der Waals surface area contributed by atoms with E-state index in [1.54, 1.807) is 0 Å². The average Bonchev–Trinajstić information content (AvgIpc) is 3.53. The van der Waals surface area contributed by atoms with E-state index in [0.29, 0.717) is 11.6 Å². The number of hydrogen-bond acceptors (Lipinski definition) is 5. The van der Waals surface area contributed by atoms with E-state index in [4.69, 9.17) is 11.6 Å². The van der Waals surface area contributed by atoms with E-state index in [2.05, 4.69) is 142 Å². The van der Waals surface area contributed by atoms with Crippen LogP contribution in [0, 0.1) is 0 Å². The van der Waals surface area contributed by atoms with Gasteiger partial charge < -0.3 is 15.5 Å². The van der Waals surface area contributed by atoms with Gasteiger partial charge in [-0.15, -0.1) is 0 Å². The Morgan fingerprint density at radius 1 is 0.850 bits per heavy atom. The first-order valence-corrected chi connectivity index (χ1v) is 23.8. The van der Waals surface area contributed by atoms with Gasteiger partial charge in [-0.25, -0.2) is 0 Å². The number of nitrogens with one attached hydrogen (secondary N) is 2. The lowest BCUT2D eigenvalue weighted by Crippen LogP contribution is -2.37. The Morgan fingerprint density at radius 2 is 1.50 bits per heavy atom. The van der Waals surface area contributed by atoms with E-state index in [9.17, 15) is 22.6 Å². The summed E-state index contributed by atoms with van der Waals surface area (Å²) in [6, 6.07) is 20.8. The lowest BCUT2D eigenvalue weighted by molar-refractivity contribution is -0.425. The largest absolute Gasteiger partial charge is 0.355 e. The summed E-state index contributed by atoms with van der Waals surface area (Å²) in [6.45, 7) is 11.3. The van der Waals surface area contributed by atoms with Crippen LogP contribution in [0.5, 0.6) is 0 Å². The van der Waals surface area contributed by atoms with Crippen molar-refractivity contribution >= 4 is 104 Å². The maximum Gasteiger partial charge on any atom is 0.286 e. The normalized spacial score (nSPS) is 18.6. The monoisotopic (exact) mass is 975 g/mol. The summed E-state index contributed by atoms with van der Waals surface area (Å²) in [6.07, 6.45) is 11.7. The molecule has 0 spiro atoms. The molecule has 0 saturated heterocycles. The first kappa shape index (κ1) is 44.0. The molecule has 7 rings (SSSR count). The van der Waals surface area contributed by atoms with Crippen LogP contribution in [0.4, 0.5) is 11.4 Å². The van der Waals surface area contributed by atoms with Crippen molar-refractivity contribution in [1.82, 2.24) is 10.6 Å². The quantitative estimate of drug-likeness (QED) is 0.0961. The highest BCUT2D eigenvalue weighted by Crippen LogP contribution is 2.51. The molecule has 314 valence electrons. The Labute approximate surface area is 374 Å². The standard InChI is InChI=1S/C47H49Br2ClN4O5S/c1-6-22-51-41(55)27-53-37-18-10-31-25-33(48)14-16-35(31)43(37)46(2,3)39(53)20-12-29-8-7-9-30(45(29)50)13-21-40-47(4,5)44-36-17-15-34(49)26-32(36)11-19-38(44)54(40)28-42(56)52-23-24-60(57,58)59/h10-21,25-26H,6-9,22-24,27-28H2,1-5H3,(H2-,51,52,55,56,57,58,59)/p+1. The van der Waals surface area contributed by atoms with Crippen LogP contribution in [-0.4, -0.2) is 67.0 Å². The number of carbonyl (C=O) groups excluding carboxylic acids is 2. The first-order valence-electron chi connectivity index (χ1n) is 20.3. The Hall–Kier alpha value is -4.07. The third-order valence-electron chi connectivity index (χ3n) is 11.8. The average molecular weight is 978 g/mol. The van der Waals surface area contributed by atoms with Gasteiger partial charge in [0.1, 0.15) is 6.54 Å². The van der Waals surface area contributed by atoms with Gasteiger partial charge in [0, 0.05) is 61.6 Å². The molecule has 3 aliphatic rings. The number of allylic oxidation sites excluding steroid dienone is 8. The van der Waals surface area contributed by atoms with Crippen molar-refractivity contribution in [3.8, 4) is 0 Å². The van der Waals surface area contributed by atoms with Crippen LogP contribution in [0.1, 0.15) is 71.4 Å². The summed E-state index contributed by atoms with van der Waals surface area (Å²) in [5.41, 5.74) is 7.16. The lowest BCUT2D eigenvalue weighted by atomic mass is 9.78. The van der Waals surface area contributed by atoms with Gasteiger partial charge in [0.15, 0.2) is 5.71 Å². The summed E-state index contributed by atoms with van der Waals surface area (Å²) in [7, 11) is -4.23. The van der Waals surface area contributed by atoms with E-state index in [0.717, 1.165) is 95.7 Å². The first-order chi connectivity index (χ1) is 28.4. The molecule has 0 atom stereocenters. The smallest absolute Gasteiger partial charge is 0.286 e. The highest BCUT2D eigenvalue weighted by Gasteiger charge is 2.46. The molecule has 2 aliphatic heterocycles. The molecule has 1 aliphatic carbocycles. The SMILES string of the molecule is CCCNC(=O)CN1C(=CC=C2CCCC(C=CC3=[N+](CC(=O)NCCS(=O)(=O)O)c4ccc5cc(Br)ccc5c4C3(C)C)=C2Cl)C(C)(C)c2c1ccc1cc(Br)ccc21. The van der Waals surface area contributed by atoms with Gasteiger partial charge >= 0.3 is 0 Å². The highest BCUT2D eigenvalue weighted by molar-refractivity contribution is 9.10. The number of nitrogens with zero attached hydrogens (tertiary/aromatic N) is 2. The number of hydrogen-bond donors (Lipinski definition) is 3. The van der Waals surface area contributed by atoms with Crippen molar-refractivity contribution in [2.75, 3.05) is 36.8 Å². The molecular weight excluding hydrogens is 928 g/mol. The van der Waals surface area contributed by atoms with E-state index >= 15 is 0 Å². The number of halogens is 3. The van der Waals surface area contributed by atoms with Gasteiger partial charge in [-0.2, -0.15) is 13.0 Å². The summed E-state index contributed by atoms with van der Waals surface area (Å²) in [5.74, 6) is -0.966. The van der Waals surface area contributed by atoms with Crippen LogP contribution in [0.2, 0.25) is 0 Å². The van der Waals surface area contributed by atoms with Gasteiger partial charge in [-0.05, 0) is 120 Å². The molecule has 13 heteroatoms. The fourth-order valence-corrected chi connectivity index (χ4v) is 10.5. The van der Waals surface area contributed by atoms with E-state index in [1.807, 2.05) is 29.7 Å². The van der Waals surface area contributed by atoms with Crippen LogP contribution >= 0.6 is 43.5 Å². The second-order valence-corrected chi connectivity index (χ2v) is 20.5. The maximum atomic E-state index is 13.3. The third-order valence-corrected chi connectivity index (χ3v) is 14.0. The number of rotatable bonds is 12.